The van der Waals surface area contributed by atoms with E-state index in [-0.39, 0.29) is 11.8 Å². The summed E-state index contributed by atoms with van der Waals surface area (Å²) in [5.41, 5.74) is 0.388. The summed E-state index contributed by atoms with van der Waals surface area (Å²) >= 11 is 0. The fourth-order valence-corrected chi connectivity index (χ4v) is 2.79. The molecule has 0 saturated carbocycles. The first-order valence-corrected chi connectivity index (χ1v) is 9.55. The fourth-order valence-electron chi connectivity index (χ4n) is 2.01. The molecule has 0 radical (unpaired) electrons. The van der Waals surface area contributed by atoms with Crippen molar-refractivity contribution in [1.29, 1.82) is 0 Å². The molecule has 0 saturated heterocycles. The highest BCUT2D eigenvalue weighted by Gasteiger charge is 2.16. The second kappa shape index (κ2) is 8.72. The number of furan rings is 1. The zero-order chi connectivity index (χ0) is 18.3. The number of aryl methyl sites for hydroxylation is 1. The lowest BCUT2D eigenvalue weighted by molar-refractivity contribution is 0.0599. The van der Waals surface area contributed by atoms with Gasteiger partial charge in [-0.25, -0.2) is 13.2 Å². The van der Waals surface area contributed by atoms with Gasteiger partial charge in [-0.2, -0.15) is 0 Å². The maximum Gasteiger partial charge on any atom is 0.341 e. The topological polar surface area (TPSA) is 110 Å². The summed E-state index contributed by atoms with van der Waals surface area (Å²) in [7, 11) is -0.0560. The Labute approximate surface area is 142 Å². The molecule has 1 aromatic heterocycles. The summed E-state index contributed by atoms with van der Waals surface area (Å²) in [6.07, 6.45) is 1.69. The molecule has 24 heavy (non-hydrogen) atoms. The minimum absolute atomic E-state index is 0.0603. The summed E-state index contributed by atoms with van der Waals surface area (Å²) in [5, 5.41) is 6.16. The van der Waals surface area contributed by atoms with Gasteiger partial charge in [-0.15, -0.1) is 0 Å². The Bertz CT molecular complexity index is 694. The molecule has 1 unspecified atom stereocenters. The number of carbonyl (C=O) groups is 1. The van der Waals surface area contributed by atoms with Gasteiger partial charge in [-0.3, -0.25) is 4.99 Å². The summed E-state index contributed by atoms with van der Waals surface area (Å²) in [4.78, 5) is 15.6. The van der Waals surface area contributed by atoms with E-state index in [2.05, 4.69) is 20.4 Å². The van der Waals surface area contributed by atoms with Crippen molar-refractivity contribution in [1.82, 2.24) is 10.6 Å². The Balaban J connectivity index is 2.57. The molecule has 1 heterocycles. The third-order valence-electron chi connectivity index (χ3n) is 3.33. The maximum atomic E-state index is 11.6. The molecule has 0 aromatic carbocycles. The number of hydrogen-bond donors (Lipinski definition) is 2. The van der Waals surface area contributed by atoms with Crippen molar-refractivity contribution in [3.05, 3.63) is 23.2 Å². The molecule has 0 fully saturated rings. The van der Waals surface area contributed by atoms with E-state index in [0.29, 0.717) is 36.0 Å². The van der Waals surface area contributed by atoms with E-state index in [1.54, 1.807) is 20.0 Å². The van der Waals surface area contributed by atoms with Crippen molar-refractivity contribution in [2.24, 2.45) is 4.99 Å². The van der Waals surface area contributed by atoms with Crippen LogP contribution in [-0.4, -0.2) is 52.6 Å². The van der Waals surface area contributed by atoms with Gasteiger partial charge in [-0.05, 0) is 26.3 Å². The van der Waals surface area contributed by atoms with Crippen molar-refractivity contribution in [3.63, 3.8) is 0 Å². The van der Waals surface area contributed by atoms with Gasteiger partial charge in [0.15, 0.2) is 5.96 Å². The number of nitrogens with zero attached hydrogens (tertiary/aromatic N) is 1. The van der Waals surface area contributed by atoms with Crippen LogP contribution in [0.2, 0.25) is 0 Å². The average Bonchev–Trinajstić information content (AvgIpc) is 2.88. The Morgan fingerprint density at radius 3 is 2.67 bits per heavy atom. The quantitative estimate of drug-likeness (QED) is 0.422. The number of rotatable bonds is 7. The van der Waals surface area contributed by atoms with Crippen molar-refractivity contribution >= 4 is 21.8 Å². The predicted octanol–water partition coefficient (Wildman–Crippen LogP) is 0.863. The van der Waals surface area contributed by atoms with E-state index in [1.165, 1.54) is 13.4 Å². The molecule has 1 aromatic rings. The highest BCUT2D eigenvalue weighted by atomic mass is 32.2. The van der Waals surface area contributed by atoms with Crippen molar-refractivity contribution < 1.29 is 22.4 Å². The third-order valence-corrected chi connectivity index (χ3v) is 4.31. The lowest BCUT2D eigenvalue weighted by atomic mass is 10.2. The van der Waals surface area contributed by atoms with Crippen molar-refractivity contribution in [3.8, 4) is 0 Å². The monoisotopic (exact) mass is 359 g/mol. The molecule has 0 amide bonds. The third kappa shape index (κ3) is 6.61. The number of carbonyl (C=O) groups excluding carboxylic acids is 1. The SMILES string of the molecule is CN=C(NCc1cc(C(=O)OC)c(C)o1)NC(C)CCS(C)(=O)=O. The van der Waals surface area contributed by atoms with Gasteiger partial charge in [-0.1, -0.05) is 0 Å². The Morgan fingerprint density at radius 2 is 2.12 bits per heavy atom. The summed E-state index contributed by atoms with van der Waals surface area (Å²) in [6, 6.07) is 1.56. The first-order chi connectivity index (χ1) is 11.2. The second-order valence-corrected chi connectivity index (χ2v) is 7.82. The van der Waals surface area contributed by atoms with Gasteiger partial charge in [0.2, 0.25) is 0 Å². The standard InChI is InChI=1S/C15H25N3O5S/c1-10(6-7-24(5,20)21)18-15(16-3)17-9-12-8-13(11(2)23-12)14(19)22-4/h8,10H,6-7,9H2,1-5H3,(H2,16,17,18). The average molecular weight is 359 g/mol. The molecule has 1 atom stereocenters. The molecular formula is C15H25N3O5S. The van der Waals surface area contributed by atoms with Crippen LogP contribution in [0.5, 0.6) is 0 Å². The normalized spacial score (nSPS) is 13.5. The van der Waals surface area contributed by atoms with E-state index >= 15 is 0 Å². The van der Waals surface area contributed by atoms with Gasteiger partial charge in [0.25, 0.3) is 0 Å². The van der Waals surface area contributed by atoms with Crippen LogP contribution in [0.1, 0.15) is 35.2 Å². The zero-order valence-electron chi connectivity index (χ0n) is 14.7. The van der Waals surface area contributed by atoms with Crippen molar-refractivity contribution in [2.45, 2.75) is 32.9 Å². The molecule has 136 valence electrons. The van der Waals surface area contributed by atoms with Gasteiger partial charge < -0.3 is 19.8 Å². The number of esters is 1. The Kier molecular flexibility index (Phi) is 7.27. The summed E-state index contributed by atoms with van der Waals surface area (Å²) in [5.74, 6) is 1.24. The number of hydrogen-bond acceptors (Lipinski definition) is 6. The van der Waals surface area contributed by atoms with E-state index < -0.39 is 15.8 Å². The van der Waals surface area contributed by atoms with Gasteiger partial charge in [0, 0.05) is 19.3 Å². The van der Waals surface area contributed by atoms with Crippen LogP contribution < -0.4 is 10.6 Å². The molecule has 0 aliphatic carbocycles. The van der Waals surface area contributed by atoms with Gasteiger partial charge >= 0.3 is 5.97 Å². The molecule has 8 nitrogen and oxygen atoms in total. The molecule has 1 rings (SSSR count). The lowest BCUT2D eigenvalue weighted by Gasteiger charge is -2.17. The lowest BCUT2D eigenvalue weighted by Crippen LogP contribution is -2.42. The molecule has 0 aliphatic heterocycles. The van der Waals surface area contributed by atoms with Crippen LogP contribution in [0.4, 0.5) is 0 Å². The van der Waals surface area contributed by atoms with E-state index in [9.17, 15) is 13.2 Å². The number of ether oxygens (including phenoxy) is 1. The molecule has 0 aliphatic rings. The summed E-state index contributed by atoms with van der Waals surface area (Å²) in [6.45, 7) is 3.90. The van der Waals surface area contributed by atoms with Crippen LogP contribution >= 0.6 is 0 Å². The second-order valence-electron chi connectivity index (χ2n) is 5.56. The number of nitrogens with one attached hydrogen (secondary N) is 2. The van der Waals surface area contributed by atoms with E-state index in [4.69, 9.17) is 4.42 Å². The first-order valence-electron chi connectivity index (χ1n) is 7.48. The largest absolute Gasteiger partial charge is 0.465 e. The first kappa shape index (κ1) is 20.0. The molecule has 9 heteroatoms. The van der Waals surface area contributed by atoms with Gasteiger partial charge in [0.1, 0.15) is 26.9 Å². The van der Waals surface area contributed by atoms with Gasteiger partial charge in [0.05, 0.1) is 19.4 Å². The number of guanidine groups is 1. The number of aliphatic imine (C=N–C) groups is 1. The smallest absolute Gasteiger partial charge is 0.341 e. The minimum Gasteiger partial charge on any atom is -0.465 e. The minimum atomic E-state index is -2.99. The Hall–Kier alpha value is -2.03. The highest BCUT2D eigenvalue weighted by molar-refractivity contribution is 7.90. The van der Waals surface area contributed by atoms with E-state index in [1.807, 2.05) is 6.92 Å². The number of sulfone groups is 1. The van der Waals surface area contributed by atoms with Crippen LogP contribution in [0.15, 0.2) is 15.5 Å². The number of methoxy groups -OCH3 is 1. The van der Waals surface area contributed by atoms with Crippen LogP contribution in [0.25, 0.3) is 0 Å². The van der Waals surface area contributed by atoms with Crippen LogP contribution in [0.3, 0.4) is 0 Å². The Morgan fingerprint density at radius 1 is 1.46 bits per heavy atom. The van der Waals surface area contributed by atoms with Crippen LogP contribution in [-0.2, 0) is 21.1 Å². The maximum absolute atomic E-state index is 11.6. The molecule has 0 spiro atoms. The highest BCUT2D eigenvalue weighted by Crippen LogP contribution is 2.15. The van der Waals surface area contributed by atoms with Crippen LogP contribution in [0, 0.1) is 6.92 Å². The molecular weight excluding hydrogens is 334 g/mol. The van der Waals surface area contributed by atoms with Crippen molar-refractivity contribution in [2.75, 3.05) is 26.2 Å². The fraction of sp³-hybridized carbons (Fsp3) is 0.600. The zero-order valence-corrected chi connectivity index (χ0v) is 15.5. The predicted molar refractivity (Wildman–Crippen MR) is 91.9 cm³/mol. The molecule has 0 bridgehead atoms. The summed E-state index contributed by atoms with van der Waals surface area (Å²) < 4.78 is 32.6. The van der Waals surface area contributed by atoms with E-state index in [0.717, 1.165) is 0 Å². The molecule has 2 N–H and O–H groups in total.